The van der Waals surface area contributed by atoms with Gasteiger partial charge in [0.15, 0.2) is 5.13 Å². The molecule has 1 aliphatic carbocycles. The Labute approximate surface area is 156 Å². The van der Waals surface area contributed by atoms with Gasteiger partial charge in [-0.2, -0.15) is 0 Å². The van der Waals surface area contributed by atoms with Crippen molar-refractivity contribution in [3.8, 4) is 0 Å². The predicted octanol–water partition coefficient (Wildman–Crippen LogP) is 3.53. The summed E-state index contributed by atoms with van der Waals surface area (Å²) in [7, 11) is 0. The summed E-state index contributed by atoms with van der Waals surface area (Å²) in [6.07, 6.45) is 4.21. The third kappa shape index (κ3) is 2.84. The van der Waals surface area contributed by atoms with Crippen molar-refractivity contribution in [3.63, 3.8) is 0 Å². The molecule has 5 nitrogen and oxygen atoms in total. The zero-order valence-corrected chi connectivity index (χ0v) is 15.3. The number of amides is 1. The molecule has 3 aromatic rings. The van der Waals surface area contributed by atoms with E-state index >= 15 is 0 Å². The second-order valence-electron chi connectivity index (χ2n) is 6.98. The normalized spacial score (nSPS) is 17.7. The molecule has 2 fully saturated rings. The van der Waals surface area contributed by atoms with Crippen LogP contribution in [0.2, 0.25) is 0 Å². The van der Waals surface area contributed by atoms with Crippen LogP contribution in [0.25, 0.3) is 10.9 Å². The monoisotopic (exact) mass is 364 g/mol. The van der Waals surface area contributed by atoms with Crippen molar-refractivity contribution in [3.05, 3.63) is 53.2 Å². The molecule has 0 atom stereocenters. The van der Waals surface area contributed by atoms with Crippen LogP contribution < -0.4 is 4.90 Å². The van der Waals surface area contributed by atoms with Crippen LogP contribution in [0.15, 0.2) is 41.9 Å². The molecule has 0 radical (unpaired) electrons. The smallest absolute Gasteiger partial charge is 0.254 e. The number of aromatic nitrogens is 2. The Bertz CT molecular complexity index is 944. The summed E-state index contributed by atoms with van der Waals surface area (Å²) in [6, 6.07) is 10.0. The second-order valence-corrected chi connectivity index (χ2v) is 7.85. The van der Waals surface area contributed by atoms with E-state index in [1.165, 1.54) is 12.8 Å². The highest BCUT2D eigenvalue weighted by molar-refractivity contribution is 7.13. The number of hydrogen-bond donors (Lipinski definition) is 0. The standard InChI is InChI=1S/C20H20N4OS/c25-19(23-8-10-24(11-9-23)20-21-7-12-26-20)16-13-18(14-5-6-14)22-17-4-2-1-3-15(16)17/h1-4,7,12-14H,5-6,8-11H2. The number of benzene rings is 1. The lowest BCUT2D eigenvalue weighted by molar-refractivity contribution is 0.0748. The number of rotatable bonds is 3. The van der Waals surface area contributed by atoms with Gasteiger partial charge in [-0.3, -0.25) is 9.78 Å². The molecular formula is C20H20N4OS. The Balaban J connectivity index is 1.42. The minimum atomic E-state index is 0.129. The third-order valence-corrected chi connectivity index (χ3v) is 6.05. The fourth-order valence-corrected chi connectivity index (χ4v) is 4.30. The Kier molecular flexibility index (Phi) is 3.85. The van der Waals surface area contributed by atoms with Crippen LogP contribution in [0.4, 0.5) is 5.13 Å². The number of hydrogen-bond acceptors (Lipinski definition) is 5. The minimum absolute atomic E-state index is 0.129. The Morgan fingerprint density at radius 3 is 2.65 bits per heavy atom. The summed E-state index contributed by atoms with van der Waals surface area (Å²) in [5, 5.41) is 4.00. The number of carbonyl (C=O) groups excluding carboxylic acids is 1. The van der Waals surface area contributed by atoms with Gasteiger partial charge in [0.25, 0.3) is 5.91 Å². The SMILES string of the molecule is O=C(c1cc(C2CC2)nc2ccccc12)N1CCN(c2nccs2)CC1. The maximum atomic E-state index is 13.3. The van der Waals surface area contributed by atoms with Gasteiger partial charge < -0.3 is 9.80 Å². The van der Waals surface area contributed by atoms with Gasteiger partial charge in [0.1, 0.15) is 0 Å². The zero-order chi connectivity index (χ0) is 17.5. The van der Waals surface area contributed by atoms with Crippen molar-refractivity contribution in [2.75, 3.05) is 31.1 Å². The van der Waals surface area contributed by atoms with Crippen LogP contribution in [0, 0.1) is 0 Å². The van der Waals surface area contributed by atoms with Crippen molar-refractivity contribution in [2.24, 2.45) is 0 Å². The van der Waals surface area contributed by atoms with Crippen LogP contribution in [0.5, 0.6) is 0 Å². The largest absolute Gasteiger partial charge is 0.345 e. The lowest BCUT2D eigenvalue weighted by Gasteiger charge is -2.34. The number of para-hydroxylation sites is 1. The molecule has 1 amide bonds. The molecule has 1 aromatic carbocycles. The topological polar surface area (TPSA) is 49.3 Å². The molecule has 1 saturated heterocycles. The molecule has 0 unspecified atom stereocenters. The molecule has 0 bridgehead atoms. The first-order valence-corrected chi connectivity index (χ1v) is 10.0. The average molecular weight is 364 g/mol. The summed E-state index contributed by atoms with van der Waals surface area (Å²) in [5.74, 6) is 0.664. The third-order valence-electron chi connectivity index (χ3n) is 5.22. The molecule has 132 valence electrons. The Hall–Kier alpha value is -2.47. The van der Waals surface area contributed by atoms with Gasteiger partial charge in [-0.1, -0.05) is 18.2 Å². The molecule has 2 aliphatic rings. The first-order chi connectivity index (χ1) is 12.8. The summed E-state index contributed by atoms with van der Waals surface area (Å²) < 4.78 is 0. The molecule has 2 aromatic heterocycles. The maximum absolute atomic E-state index is 13.3. The van der Waals surface area contributed by atoms with E-state index in [-0.39, 0.29) is 5.91 Å². The number of pyridine rings is 1. The van der Waals surface area contributed by atoms with Crippen LogP contribution in [-0.2, 0) is 0 Å². The van der Waals surface area contributed by atoms with Crippen molar-refractivity contribution >= 4 is 33.3 Å². The van der Waals surface area contributed by atoms with Crippen LogP contribution in [-0.4, -0.2) is 47.0 Å². The van der Waals surface area contributed by atoms with Crippen LogP contribution >= 0.6 is 11.3 Å². The van der Waals surface area contributed by atoms with Gasteiger partial charge in [0, 0.05) is 54.8 Å². The molecule has 3 heterocycles. The highest BCUT2D eigenvalue weighted by Crippen LogP contribution is 2.40. The van der Waals surface area contributed by atoms with Gasteiger partial charge >= 0.3 is 0 Å². The molecular weight excluding hydrogens is 344 g/mol. The van der Waals surface area contributed by atoms with E-state index in [4.69, 9.17) is 4.98 Å². The van der Waals surface area contributed by atoms with Crippen molar-refractivity contribution in [1.29, 1.82) is 0 Å². The highest BCUT2D eigenvalue weighted by Gasteiger charge is 2.29. The molecule has 0 N–H and O–H groups in total. The van der Waals surface area contributed by atoms with Gasteiger partial charge in [-0.05, 0) is 25.0 Å². The van der Waals surface area contributed by atoms with E-state index in [0.717, 1.165) is 53.5 Å². The molecule has 6 heteroatoms. The van der Waals surface area contributed by atoms with E-state index in [9.17, 15) is 4.79 Å². The summed E-state index contributed by atoms with van der Waals surface area (Å²) in [4.78, 5) is 26.7. The summed E-state index contributed by atoms with van der Waals surface area (Å²) in [5.41, 5.74) is 2.82. The lowest BCUT2D eigenvalue weighted by Crippen LogP contribution is -2.48. The summed E-state index contributed by atoms with van der Waals surface area (Å²) >= 11 is 1.65. The average Bonchev–Trinajstić information content (AvgIpc) is 3.41. The van der Waals surface area contributed by atoms with Crippen molar-refractivity contribution in [1.82, 2.24) is 14.9 Å². The minimum Gasteiger partial charge on any atom is -0.345 e. The van der Waals surface area contributed by atoms with E-state index in [2.05, 4.69) is 9.88 Å². The van der Waals surface area contributed by atoms with E-state index in [1.807, 2.05) is 46.8 Å². The Morgan fingerprint density at radius 1 is 1.12 bits per heavy atom. The van der Waals surface area contributed by atoms with E-state index < -0.39 is 0 Å². The highest BCUT2D eigenvalue weighted by atomic mass is 32.1. The first kappa shape index (κ1) is 15.8. The van der Waals surface area contributed by atoms with E-state index in [1.54, 1.807) is 11.3 Å². The van der Waals surface area contributed by atoms with Crippen LogP contribution in [0.3, 0.4) is 0 Å². The summed E-state index contributed by atoms with van der Waals surface area (Å²) in [6.45, 7) is 3.12. The number of nitrogens with zero attached hydrogens (tertiary/aromatic N) is 4. The second kappa shape index (κ2) is 6.36. The predicted molar refractivity (Wildman–Crippen MR) is 104 cm³/mol. The quantitative estimate of drug-likeness (QED) is 0.713. The lowest BCUT2D eigenvalue weighted by atomic mass is 10.0. The molecule has 1 aliphatic heterocycles. The van der Waals surface area contributed by atoms with E-state index in [0.29, 0.717) is 5.92 Å². The fourth-order valence-electron chi connectivity index (χ4n) is 3.60. The fraction of sp³-hybridized carbons (Fsp3) is 0.350. The van der Waals surface area contributed by atoms with Gasteiger partial charge in [-0.15, -0.1) is 11.3 Å². The zero-order valence-electron chi connectivity index (χ0n) is 14.5. The van der Waals surface area contributed by atoms with Gasteiger partial charge in [0.05, 0.1) is 11.1 Å². The molecule has 0 spiro atoms. The number of thiazole rings is 1. The van der Waals surface area contributed by atoms with Crippen LogP contribution in [0.1, 0.15) is 34.8 Å². The molecule has 26 heavy (non-hydrogen) atoms. The maximum Gasteiger partial charge on any atom is 0.254 e. The Morgan fingerprint density at radius 2 is 1.92 bits per heavy atom. The van der Waals surface area contributed by atoms with Gasteiger partial charge in [-0.25, -0.2) is 4.98 Å². The molecule has 1 saturated carbocycles. The number of anilines is 1. The number of carbonyl (C=O) groups is 1. The first-order valence-electron chi connectivity index (χ1n) is 9.13. The number of piperazine rings is 1. The van der Waals surface area contributed by atoms with Crippen molar-refractivity contribution in [2.45, 2.75) is 18.8 Å². The molecule has 5 rings (SSSR count). The number of fused-ring (bicyclic) bond motifs is 1. The van der Waals surface area contributed by atoms with Gasteiger partial charge in [0.2, 0.25) is 0 Å². The van der Waals surface area contributed by atoms with Crippen molar-refractivity contribution < 1.29 is 4.79 Å².